The highest BCUT2D eigenvalue weighted by Crippen LogP contribution is 2.38. The maximum atomic E-state index is 13.5. The van der Waals surface area contributed by atoms with Crippen LogP contribution >= 0.6 is 23.5 Å². The molecule has 18 N–H and O–H groups in total. The molecule has 0 spiro atoms. The fourth-order valence-corrected chi connectivity index (χ4v) is 15.4. The van der Waals surface area contributed by atoms with Crippen LogP contribution in [-0.4, -0.2) is 327 Å². The van der Waals surface area contributed by atoms with Crippen LogP contribution in [0.4, 0.5) is 35.3 Å². The van der Waals surface area contributed by atoms with Gasteiger partial charge in [0.05, 0.1) is 16.7 Å². The lowest BCUT2D eigenvalue weighted by Gasteiger charge is -2.38. The van der Waals surface area contributed by atoms with Gasteiger partial charge in [0.15, 0.2) is 0 Å². The first-order valence-corrected chi connectivity index (χ1v) is 44.0. The van der Waals surface area contributed by atoms with Gasteiger partial charge in [-0.05, 0) is 119 Å². The maximum Gasteiger partial charge on any atom is 0.409 e. The summed E-state index contributed by atoms with van der Waals surface area (Å²) in [6.07, 6.45) is 1.29. The molecule has 2 fully saturated rings. The van der Waals surface area contributed by atoms with Crippen LogP contribution in [0, 0.1) is 11.8 Å². The number of imide groups is 2. The Morgan fingerprint density at radius 2 is 0.852 bits per heavy atom. The summed E-state index contributed by atoms with van der Waals surface area (Å²) in [6, 6.07) is 6.74. The van der Waals surface area contributed by atoms with E-state index in [1.807, 2.05) is 6.92 Å². The van der Waals surface area contributed by atoms with Crippen LogP contribution in [-0.2, 0) is 84.8 Å². The van der Waals surface area contributed by atoms with Gasteiger partial charge < -0.3 is 123 Å². The van der Waals surface area contributed by atoms with Gasteiger partial charge >= 0.3 is 30.3 Å². The molecule has 708 valence electrons. The number of hydrogen-bond donors (Lipinski definition) is 16. The second kappa shape index (κ2) is 53.8. The number of benzene rings is 2. The summed E-state index contributed by atoms with van der Waals surface area (Å²) in [5, 5.41) is 75.0. The first-order chi connectivity index (χ1) is 60.8. The summed E-state index contributed by atoms with van der Waals surface area (Å²) in [6.45, 7) is 12.2. The second-order valence-corrected chi connectivity index (χ2v) is 34.3. The summed E-state index contributed by atoms with van der Waals surface area (Å²) in [5.74, 6) is -4.95. The van der Waals surface area contributed by atoms with E-state index in [9.17, 15) is 92.3 Å². The van der Waals surface area contributed by atoms with Crippen molar-refractivity contribution in [3.8, 4) is 0 Å². The molecule has 6 heterocycles. The summed E-state index contributed by atoms with van der Waals surface area (Å²) in [7, 11) is 6.41. The number of nitrogens with zero attached hydrogens (tertiary/aromatic N) is 7. The molecule has 0 saturated carbocycles. The van der Waals surface area contributed by atoms with Gasteiger partial charge in [0.1, 0.15) is 104 Å². The Kier molecular flexibility index (Phi) is 44.5. The van der Waals surface area contributed by atoms with Crippen LogP contribution < -0.4 is 59.3 Å². The lowest BCUT2D eigenvalue weighted by Crippen LogP contribution is -2.56. The number of likely N-dealkylation sites (N-methyl/N-ethyl adjacent to an activating group) is 4. The highest BCUT2D eigenvalue weighted by Gasteiger charge is 2.49. The molecule has 43 nitrogen and oxygen atoms in total. The van der Waals surface area contributed by atoms with Gasteiger partial charge in [-0.3, -0.25) is 67.7 Å². The molecule has 2 aromatic carbocycles. The molecule has 0 radical (unpaired) electrons. The average Bonchev–Trinajstić information content (AvgIpc) is 1.62. The number of rotatable bonds is 45. The number of nitrogens with two attached hydrogens (primary N) is 2. The van der Waals surface area contributed by atoms with E-state index >= 15 is 0 Å². The zero-order chi connectivity index (χ0) is 94.4. The maximum absolute atomic E-state index is 13.5. The molecule has 17 amide bonds. The van der Waals surface area contributed by atoms with Crippen molar-refractivity contribution in [3.63, 3.8) is 0 Å². The second-order valence-electron chi connectivity index (χ2n) is 31.7. The number of fused-ring (bicyclic) bond motifs is 2. The number of thioether (sulfide) groups is 2. The number of hydrogen-bond acceptors (Lipinski definition) is 30. The van der Waals surface area contributed by atoms with Crippen molar-refractivity contribution in [2.75, 3.05) is 104 Å². The molecular weight excluding hydrogens is 1710 g/mol. The number of carbonyl (C=O) groups excluding carboxylic acids is 15. The number of carbonyl (C=O) groups is 15. The fourth-order valence-electron chi connectivity index (χ4n) is 13.3. The zero-order valence-electron chi connectivity index (χ0n) is 73.6. The van der Waals surface area contributed by atoms with Gasteiger partial charge in [-0.15, -0.1) is 0 Å². The topological polar surface area (TPSA) is 605 Å². The first kappa shape index (κ1) is 106. The van der Waals surface area contributed by atoms with E-state index < -0.39 is 132 Å². The molecule has 6 aliphatic rings. The highest BCUT2D eigenvalue weighted by molar-refractivity contribution is 8.14. The lowest BCUT2D eigenvalue weighted by atomic mass is 9.99. The molecule has 0 aliphatic carbocycles. The van der Waals surface area contributed by atoms with Crippen LogP contribution in [0.1, 0.15) is 130 Å². The number of ether oxygens (including phenoxy) is 5. The van der Waals surface area contributed by atoms with Crippen molar-refractivity contribution in [2.24, 2.45) is 33.3 Å². The van der Waals surface area contributed by atoms with Crippen LogP contribution in [0.5, 0.6) is 0 Å². The van der Waals surface area contributed by atoms with Gasteiger partial charge in [-0.25, -0.2) is 24.0 Å². The van der Waals surface area contributed by atoms with Crippen molar-refractivity contribution in [3.05, 3.63) is 84.0 Å². The minimum Gasteiger partial charge on any atom is -0.447 e. The summed E-state index contributed by atoms with van der Waals surface area (Å²) in [5.41, 5.74) is 11.7. The molecule has 128 heavy (non-hydrogen) atoms. The molecule has 14 atom stereocenters. The number of aliphatic hydroxyl groups excluding tert-OH is 5. The van der Waals surface area contributed by atoms with Gasteiger partial charge in [0.25, 0.3) is 23.6 Å². The molecule has 8 rings (SSSR count). The number of aliphatic hydroxyl groups is 5. The quantitative estimate of drug-likeness (QED) is 0.0247. The van der Waals surface area contributed by atoms with Gasteiger partial charge in [0, 0.05) is 122 Å². The number of unbranched alkanes of at least 4 members (excludes halogenated alkanes) is 4. The molecule has 0 aromatic heterocycles. The standard InChI is InChI=1S/C42H61N9O13S.C33H50N8O8.C8H13NO4S/c1-24(2)33(48-30(52)11-7-6-8-19-51-31(53)16-17-32(51)54)38(58)47-28(10-9-18-44-40(43)59)37(57)46-27-14-12-26(13-15-27)22-62-41(60)49(4)20-21-50(5)42(61)63-23-29-35(55)36(56)34-39(64-29)65-25(3)45-34;1-22(2)29(39-26(42)10-6-5-7-19-41-27(43)15-16-28(41)44)31(46)38-25(9-8-17-36-32(34)47)30(45)37-24-13-11-23(12-14-24)21-49-33(48)40(4)20-18-35-3;1-3-9-5-7(12)6(11)4(2-10)13-8(5)14-3/h12-17,24,28-29,33-36,39,55-56H,6-11,18-23H2,1-5H3,(H,46,57)(H,47,58)(H,48,52)(H3,43,44,59);11-16,22,25,29,35H,5-10,17-21H2,1-4H3,(H,37,45)(H,38,46)(H,39,42)(H3,34,36,47);4-8,10-12H,2H2,1H3/t28-,29+,33-,34+,35+,36+,39+;25-,29-;4-,5-,6-,7-,8-/m001/s1. The average molecular weight is 1840 g/mol. The van der Waals surface area contributed by atoms with E-state index in [2.05, 4.69) is 57.8 Å². The van der Waals surface area contributed by atoms with Gasteiger partial charge in [-0.1, -0.05) is 88.3 Å². The van der Waals surface area contributed by atoms with Gasteiger partial charge in [-0.2, -0.15) is 0 Å². The van der Waals surface area contributed by atoms with Gasteiger partial charge in [0.2, 0.25) is 35.4 Å². The predicted octanol–water partition coefficient (Wildman–Crippen LogP) is 0.733. The van der Waals surface area contributed by atoms with Crippen molar-refractivity contribution in [1.29, 1.82) is 0 Å². The molecular formula is C83H124N18O25S2. The fraction of sp³-hybridized carbons (Fsp3) is 0.602. The van der Waals surface area contributed by atoms with E-state index in [-0.39, 0.29) is 151 Å². The van der Waals surface area contributed by atoms with Crippen molar-refractivity contribution >= 4 is 134 Å². The van der Waals surface area contributed by atoms with E-state index in [0.717, 1.165) is 19.9 Å². The Morgan fingerprint density at radius 1 is 0.484 bits per heavy atom. The van der Waals surface area contributed by atoms with E-state index in [4.69, 9.17) is 40.3 Å². The predicted molar refractivity (Wildman–Crippen MR) is 471 cm³/mol. The van der Waals surface area contributed by atoms with Crippen molar-refractivity contribution in [2.45, 2.75) is 216 Å². The molecule has 2 aromatic rings. The Balaban J connectivity index is 0.000000350. The number of amides is 17. The number of nitrogens with one attached hydrogen (secondary N) is 9. The monoisotopic (exact) mass is 1840 g/mol. The molecule has 2 saturated heterocycles. The number of anilines is 2. The van der Waals surface area contributed by atoms with E-state index in [0.29, 0.717) is 80.5 Å². The highest BCUT2D eigenvalue weighted by atomic mass is 32.2. The van der Waals surface area contributed by atoms with Crippen LogP contribution in [0.3, 0.4) is 0 Å². The molecule has 6 aliphatic heterocycles. The Bertz CT molecular complexity index is 4210. The van der Waals surface area contributed by atoms with Crippen LogP contribution in [0.15, 0.2) is 82.8 Å². The van der Waals surface area contributed by atoms with E-state index in [1.54, 1.807) is 97.2 Å². The Labute approximate surface area is 750 Å². The number of urea groups is 2. The van der Waals surface area contributed by atoms with Crippen molar-refractivity contribution in [1.82, 2.24) is 61.7 Å². The third-order valence-electron chi connectivity index (χ3n) is 20.8. The zero-order valence-corrected chi connectivity index (χ0v) is 75.3. The Morgan fingerprint density at radius 3 is 1.22 bits per heavy atom. The minimum absolute atomic E-state index is 0.0448. The Hall–Kier alpha value is -10.9. The number of primary amides is 2. The molecule has 0 unspecified atom stereocenters. The molecule has 45 heteroatoms. The minimum atomic E-state index is -1.29. The van der Waals surface area contributed by atoms with E-state index in [1.165, 1.54) is 76.6 Å². The van der Waals surface area contributed by atoms with Crippen LogP contribution in [0.25, 0.3) is 0 Å². The number of aliphatic imine (C=N–C) groups is 2. The molecule has 0 bridgehead atoms. The first-order valence-electron chi connectivity index (χ1n) is 42.3. The smallest absolute Gasteiger partial charge is 0.409 e. The lowest BCUT2D eigenvalue weighted by molar-refractivity contribution is -0.165. The van der Waals surface area contributed by atoms with Crippen molar-refractivity contribution < 1.29 is 121 Å². The van der Waals surface area contributed by atoms with Crippen LogP contribution in [0.2, 0.25) is 0 Å². The third-order valence-corrected chi connectivity index (χ3v) is 22.9. The summed E-state index contributed by atoms with van der Waals surface area (Å²) < 4.78 is 27.3. The third kappa shape index (κ3) is 34.9. The normalized spacial score (nSPS) is 21.0. The summed E-state index contributed by atoms with van der Waals surface area (Å²) >= 11 is 2.75. The largest absolute Gasteiger partial charge is 0.447 e. The SMILES string of the molecule is CC1=N[C@@H]2[C@@H](O)[C@H](O)[C@@H](CO)O[C@@H]2S1.CC1=N[C@@H]2[C@@H](O)[C@H](O)[C@@H](COC(=O)N(C)CCN(C)C(=O)OCc3ccc(NC(=O)[C@H](CCCNC(N)=O)NC(=O)[C@@H](NC(=O)CCCCCN4C(=O)C=CC4=O)C(C)C)cc3)O[C@@H]2S1.CNCCN(C)C(=O)OCc1ccc(NC(=O)[C@H](CCCNC(N)=O)NC(=O)[C@@H](NC(=O)CCCCCN2C(=O)C=CC2=O)C(C)C)cc1. The summed E-state index contributed by atoms with van der Waals surface area (Å²) in [4.78, 5) is 201.